The van der Waals surface area contributed by atoms with E-state index in [4.69, 9.17) is 5.11 Å². The van der Waals surface area contributed by atoms with Crippen molar-refractivity contribution in [2.75, 3.05) is 0 Å². The molecule has 0 spiro atoms. The topological polar surface area (TPSA) is 37.3 Å². The summed E-state index contributed by atoms with van der Waals surface area (Å²) in [6, 6.07) is 0. The first-order valence-corrected chi connectivity index (χ1v) is 7.54. The van der Waals surface area contributed by atoms with Gasteiger partial charge in [0, 0.05) is 6.42 Å². The smallest absolute Gasteiger partial charge is 0.304 e. The third-order valence-corrected chi connectivity index (χ3v) is 2.82. The summed E-state index contributed by atoms with van der Waals surface area (Å²) in [4.78, 5) is 10.1. The highest BCUT2D eigenvalue weighted by Gasteiger charge is 2.60. The number of aliphatic carboxylic acids is 1. The standard InChI is InChI=1S/C10H17F5O2S/c11-18(12,13,14,15)9-7-5-3-1-2-4-6-8-10(16)17/h7,9H,1-6,8H2,(H,16,17). The van der Waals surface area contributed by atoms with E-state index in [1.54, 1.807) is 0 Å². The van der Waals surface area contributed by atoms with Gasteiger partial charge in [-0.05, 0) is 19.3 Å². The zero-order valence-electron chi connectivity index (χ0n) is 9.76. The molecule has 1 N–H and O–H groups in total. The number of allylic oxidation sites excluding steroid dienone is 1. The van der Waals surface area contributed by atoms with Gasteiger partial charge in [-0.2, -0.15) is 0 Å². The van der Waals surface area contributed by atoms with Crippen LogP contribution in [0, 0.1) is 0 Å². The minimum absolute atomic E-state index is 0.0511. The Morgan fingerprint density at radius 3 is 1.94 bits per heavy atom. The van der Waals surface area contributed by atoms with E-state index in [-0.39, 0.29) is 12.8 Å². The highest BCUT2D eigenvalue weighted by molar-refractivity contribution is 8.48. The molecule has 0 aliphatic carbocycles. The van der Waals surface area contributed by atoms with Crippen LogP contribution in [0.2, 0.25) is 0 Å². The van der Waals surface area contributed by atoms with Crippen LogP contribution in [0.25, 0.3) is 0 Å². The largest absolute Gasteiger partial charge is 0.481 e. The van der Waals surface area contributed by atoms with E-state index >= 15 is 0 Å². The highest BCUT2D eigenvalue weighted by atomic mass is 32.5. The second-order valence-electron chi connectivity index (χ2n) is 4.10. The van der Waals surface area contributed by atoms with Crippen LogP contribution < -0.4 is 0 Å². The summed E-state index contributed by atoms with van der Waals surface area (Å²) in [5.41, 5.74) is 0. The minimum Gasteiger partial charge on any atom is -0.481 e. The van der Waals surface area contributed by atoms with Crippen molar-refractivity contribution in [3.05, 3.63) is 11.5 Å². The quantitative estimate of drug-likeness (QED) is 0.443. The molecule has 0 saturated carbocycles. The number of hydrogen-bond donors (Lipinski definition) is 1. The molecule has 0 aromatic carbocycles. The highest BCUT2D eigenvalue weighted by Crippen LogP contribution is 2.98. The molecule has 0 aliphatic heterocycles. The van der Waals surface area contributed by atoms with Crippen molar-refractivity contribution >= 4 is 16.2 Å². The number of rotatable bonds is 9. The summed E-state index contributed by atoms with van der Waals surface area (Å²) in [6.45, 7) is 0. The number of unbranched alkanes of at least 4 members (excludes halogenated alkanes) is 5. The fourth-order valence-electron chi connectivity index (χ4n) is 1.32. The number of halogens is 5. The molecule has 0 bridgehead atoms. The lowest BCUT2D eigenvalue weighted by molar-refractivity contribution is -0.137. The lowest BCUT2D eigenvalue weighted by Crippen LogP contribution is -1.98. The van der Waals surface area contributed by atoms with Gasteiger partial charge in [-0.3, -0.25) is 4.79 Å². The van der Waals surface area contributed by atoms with Crippen molar-refractivity contribution in [1.82, 2.24) is 0 Å². The molecule has 0 unspecified atom stereocenters. The lowest BCUT2D eigenvalue weighted by atomic mass is 10.1. The molecule has 0 atom stereocenters. The molecule has 18 heavy (non-hydrogen) atoms. The van der Waals surface area contributed by atoms with Crippen LogP contribution in [-0.4, -0.2) is 11.1 Å². The SMILES string of the molecule is O=C(O)CCCCCCCC=CS(F)(F)(F)(F)F. The lowest BCUT2D eigenvalue weighted by Gasteiger charge is -2.36. The Morgan fingerprint density at radius 2 is 1.44 bits per heavy atom. The molecule has 0 heterocycles. The van der Waals surface area contributed by atoms with Crippen LogP contribution in [0.3, 0.4) is 0 Å². The molecule has 0 amide bonds. The van der Waals surface area contributed by atoms with Crippen LogP contribution >= 0.6 is 10.2 Å². The fraction of sp³-hybridized carbons (Fsp3) is 0.700. The second-order valence-corrected chi connectivity index (χ2v) is 6.43. The van der Waals surface area contributed by atoms with Crippen LogP contribution in [0.5, 0.6) is 0 Å². The summed E-state index contributed by atoms with van der Waals surface area (Å²) in [7, 11) is -9.38. The fourth-order valence-corrected chi connectivity index (χ4v) is 1.82. The van der Waals surface area contributed by atoms with Gasteiger partial charge in [0.25, 0.3) is 0 Å². The average molecular weight is 296 g/mol. The van der Waals surface area contributed by atoms with E-state index in [0.717, 1.165) is 0 Å². The molecule has 0 radical (unpaired) electrons. The molecule has 0 rings (SSSR count). The Morgan fingerprint density at radius 1 is 0.944 bits per heavy atom. The van der Waals surface area contributed by atoms with Crippen LogP contribution in [-0.2, 0) is 4.79 Å². The molecule has 110 valence electrons. The summed E-state index contributed by atoms with van der Waals surface area (Å²) in [5.74, 6) is -0.881. The van der Waals surface area contributed by atoms with Crippen LogP contribution in [0.1, 0.15) is 44.9 Å². The van der Waals surface area contributed by atoms with Gasteiger partial charge in [-0.15, -0.1) is 0 Å². The molecule has 0 aliphatic rings. The molecule has 0 fully saturated rings. The zero-order valence-corrected chi connectivity index (χ0v) is 10.6. The first-order chi connectivity index (χ1) is 7.89. The molecule has 2 nitrogen and oxygen atoms in total. The predicted octanol–water partition coefficient (Wildman–Crippen LogP) is 5.61. The summed E-state index contributed by atoms with van der Waals surface area (Å²) >= 11 is 0. The van der Waals surface area contributed by atoms with Crippen molar-refractivity contribution in [1.29, 1.82) is 0 Å². The minimum atomic E-state index is -9.38. The Hall–Kier alpha value is -0.790. The van der Waals surface area contributed by atoms with Crippen LogP contribution in [0.4, 0.5) is 19.4 Å². The number of carboxylic acids is 1. The monoisotopic (exact) mass is 296 g/mol. The summed E-state index contributed by atoms with van der Waals surface area (Å²) in [6.07, 6.45) is 3.36. The predicted molar refractivity (Wildman–Crippen MR) is 62.2 cm³/mol. The van der Waals surface area contributed by atoms with Crippen molar-refractivity contribution in [3.8, 4) is 0 Å². The average Bonchev–Trinajstić information content (AvgIpc) is 2.11. The van der Waals surface area contributed by atoms with Gasteiger partial charge >= 0.3 is 16.2 Å². The van der Waals surface area contributed by atoms with E-state index < -0.39 is 21.6 Å². The van der Waals surface area contributed by atoms with Gasteiger partial charge in [-0.1, -0.05) is 44.8 Å². The van der Waals surface area contributed by atoms with Crippen molar-refractivity contribution in [2.45, 2.75) is 44.9 Å². The maximum Gasteiger partial charge on any atom is 0.304 e. The third-order valence-electron chi connectivity index (χ3n) is 2.11. The Labute approximate surface area is 103 Å². The van der Waals surface area contributed by atoms with E-state index in [2.05, 4.69) is 0 Å². The summed E-state index contributed by atoms with van der Waals surface area (Å²) < 4.78 is 59.1. The van der Waals surface area contributed by atoms with Gasteiger partial charge < -0.3 is 5.11 Å². The van der Waals surface area contributed by atoms with E-state index in [9.17, 15) is 24.2 Å². The third kappa shape index (κ3) is 15.2. The molecule has 0 aromatic heterocycles. The van der Waals surface area contributed by atoms with Crippen molar-refractivity contribution in [2.24, 2.45) is 0 Å². The maximum absolute atomic E-state index is 11.8. The Balaban J connectivity index is 3.59. The van der Waals surface area contributed by atoms with E-state index in [1.807, 2.05) is 0 Å². The number of carbonyl (C=O) groups is 1. The maximum atomic E-state index is 11.8. The molecular formula is C10H17F5O2S. The second kappa shape index (κ2) is 5.46. The molecule has 0 aromatic rings. The van der Waals surface area contributed by atoms with Gasteiger partial charge in [0.05, 0.1) is 5.41 Å². The normalized spacial score (nSPS) is 16.5. The van der Waals surface area contributed by atoms with Crippen molar-refractivity contribution in [3.63, 3.8) is 0 Å². The van der Waals surface area contributed by atoms with Gasteiger partial charge in [-0.25, -0.2) is 0 Å². The number of carboxylic acid groups (broad SMARTS) is 1. The summed E-state index contributed by atoms with van der Waals surface area (Å²) in [5, 5.41) is 7.42. The Kier molecular flexibility index (Phi) is 5.22. The molecular weight excluding hydrogens is 279 g/mol. The van der Waals surface area contributed by atoms with Crippen LogP contribution in [0.15, 0.2) is 11.5 Å². The Bertz CT molecular complexity index is 308. The first-order valence-electron chi connectivity index (χ1n) is 5.53. The number of hydrogen-bond acceptors (Lipinski definition) is 1. The van der Waals surface area contributed by atoms with Gasteiger partial charge in [0.15, 0.2) is 0 Å². The van der Waals surface area contributed by atoms with Gasteiger partial charge in [0.1, 0.15) is 0 Å². The van der Waals surface area contributed by atoms with Gasteiger partial charge in [0.2, 0.25) is 0 Å². The molecule has 8 heteroatoms. The van der Waals surface area contributed by atoms with E-state index in [1.165, 1.54) is 0 Å². The van der Waals surface area contributed by atoms with E-state index in [0.29, 0.717) is 38.2 Å². The molecule has 0 saturated heterocycles. The van der Waals surface area contributed by atoms with Crippen molar-refractivity contribution < 1.29 is 29.3 Å². The zero-order chi connectivity index (χ0) is 14.3. The first kappa shape index (κ1) is 17.2.